The van der Waals surface area contributed by atoms with Gasteiger partial charge in [-0.2, -0.15) is 0 Å². The first-order chi connectivity index (χ1) is 9.22. The summed E-state index contributed by atoms with van der Waals surface area (Å²) in [6, 6.07) is 7.68. The Bertz CT molecular complexity index is 480. The van der Waals surface area contributed by atoms with Crippen LogP contribution >= 0.6 is 0 Å². The largest absolute Gasteiger partial charge is 0.338 e. The normalized spacial score (nSPS) is 26.3. The lowest BCUT2D eigenvalue weighted by Crippen LogP contribution is -2.33. The number of nitrogens with one attached hydrogen (secondary N) is 1. The highest BCUT2D eigenvalue weighted by Gasteiger charge is 2.41. The fourth-order valence-corrected chi connectivity index (χ4v) is 3.27. The molecule has 0 radical (unpaired) electrons. The van der Waals surface area contributed by atoms with Gasteiger partial charge in [0, 0.05) is 37.2 Å². The number of benzene rings is 1. The first-order valence-corrected chi connectivity index (χ1v) is 7.01. The maximum absolute atomic E-state index is 12.5. The van der Waals surface area contributed by atoms with Gasteiger partial charge in [-0.25, -0.2) is 0 Å². The van der Waals surface area contributed by atoms with E-state index < -0.39 is 0 Å². The predicted octanol–water partition coefficient (Wildman–Crippen LogP) is 0.971. The van der Waals surface area contributed by atoms with Gasteiger partial charge in [0.05, 0.1) is 0 Å². The lowest BCUT2D eigenvalue weighted by Gasteiger charge is -2.23. The number of amides is 1. The Morgan fingerprint density at radius 2 is 2.32 bits per heavy atom. The molecule has 0 aliphatic carbocycles. The summed E-state index contributed by atoms with van der Waals surface area (Å²) < 4.78 is 0. The van der Waals surface area contributed by atoms with E-state index >= 15 is 0 Å². The highest BCUT2D eigenvalue weighted by molar-refractivity contribution is 5.94. The monoisotopic (exact) mass is 259 g/mol. The summed E-state index contributed by atoms with van der Waals surface area (Å²) in [7, 11) is 0. The average Bonchev–Trinajstić information content (AvgIpc) is 3.09. The lowest BCUT2D eigenvalue weighted by atomic mass is 9.86. The number of likely N-dealkylation sites (tertiary alicyclic amines) is 1. The van der Waals surface area contributed by atoms with Crippen LogP contribution in [0.15, 0.2) is 24.3 Å². The smallest absolute Gasteiger partial charge is 0.253 e. The molecule has 1 aromatic rings. The van der Waals surface area contributed by atoms with Crippen LogP contribution < -0.4 is 11.1 Å². The van der Waals surface area contributed by atoms with E-state index in [1.165, 1.54) is 6.42 Å². The van der Waals surface area contributed by atoms with Crippen molar-refractivity contribution in [2.24, 2.45) is 11.1 Å². The molecule has 0 saturated carbocycles. The van der Waals surface area contributed by atoms with Crippen LogP contribution in [0.25, 0.3) is 0 Å². The van der Waals surface area contributed by atoms with E-state index in [4.69, 9.17) is 5.73 Å². The third-order valence-corrected chi connectivity index (χ3v) is 4.47. The van der Waals surface area contributed by atoms with E-state index in [9.17, 15) is 4.79 Å². The van der Waals surface area contributed by atoms with Gasteiger partial charge in [-0.3, -0.25) is 4.79 Å². The molecule has 1 spiro atoms. The van der Waals surface area contributed by atoms with E-state index in [0.717, 1.165) is 43.7 Å². The van der Waals surface area contributed by atoms with E-state index in [-0.39, 0.29) is 5.91 Å². The van der Waals surface area contributed by atoms with E-state index in [1.54, 1.807) is 0 Å². The molecule has 2 saturated heterocycles. The Hall–Kier alpha value is -1.39. The van der Waals surface area contributed by atoms with Crippen molar-refractivity contribution in [3.63, 3.8) is 0 Å². The molecule has 1 unspecified atom stereocenters. The molecular weight excluding hydrogens is 238 g/mol. The summed E-state index contributed by atoms with van der Waals surface area (Å²) in [5.41, 5.74) is 7.75. The zero-order chi connectivity index (χ0) is 13.3. The molecule has 2 heterocycles. The van der Waals surface area contributed by atoms with Gasteiger partial charge in [0.1, 0.15) is 0 Å². The van der Waals surface area contributed by atoms with Crippen molar-refractivity contribution in [1.82, 2.24) is 10.2 Å². The molecule has 1 amide bonds. The van der Waals surface area contributed by atoms with Gasteiger partial charge >= 0.3 is 0 Å². The molecule has 4 nitrogen and oxygen atoms in total. The minimum atomic E-state index is 0.152. The van der Waals surface area contributed by atoms with Gasteiger partial charge in [0.15, 0.2) is 0 Å². The molecule has 3 N–H and O–H groups in total. The Balaban J connectivity index is 1.74. The molecule has 4 heteroatoms. The highest BCUT2D eigenvalue weighted by atomic mass is 16.2. The number of carbonyl (C=O) groups is 1. The summed E-state index contributed by atoms with van der Waals surface area (Å²) in [6.45, 7) is 4.40. The Morgan fingerprint density at radius 1 is 1.42 bits per heavy atom. The first kappa shape index (κ1) is 12.6. The molecule has 19 heavy (non-hydrogen) atoms. The third kappa shape index (κ3) is 2.38. The minimum absolute atomic E-state index is 0.152. The summed E-state index contributed by atoms with van der Waals surface area (Å²) in [5, 5.41) is 3.42. The molecule has 2 aliphatic rings. The van der Waals surface area contributed by atoms with Crippen LogP contribution in [0, 0.1) is 5.41 Å². The quantitative estimate of drug-likeness (QED) is 0.832. The number of carbonyl (C=O) groups excluding carboxylic acids is 1. The van der Waals surface area contributed by atoms with E-state index in [1.807, 2.05) is 29.2 Å². The Kier molecular flexibility index (Phi) is 3.29. The summed E-state index contributed by atoms with van der Waals surface area (Å²) in [4.78, 5) is 14.5. The topological polar surface area (TPSA) is 58.4 Å². The van der Waals surface area contributed by atoms with Crippen LogP contribution in [0.4, 0.5) is 0 Å². The minimum Gasteiger partial charge on any atom is -0.338 e. The summed E-state index contributed by atoms with van der Waals surface area (Å²) in [6.07, 6.45) is 2.32. The number of nitrogens with zero attached hydrogens (tertiary/aromatic N) is 1. The zero-order valence-electron chi connectivity index (χ0n) is 11.2. The first-order valence-electron chi connectivity index (χ1n) is 7.01. The number of rotatable bonds is 2. The zero-order valence-corrected chi connectivity index (χ0v) is 11.2. The van der Waals surface area contributed by atoms with Gasteiger partial charge in [0.2, 0.25) is 0 Å². The third-order valence-electron chi connectivity index (χ3n) is 4.47. The van der Waals surface area contributed by atoms with Gasteiger partial charge in [0.25, 0.3) is 5.91 Å². The maximum atomic E-state index is 12.5. The lowest BCUT2D eigenvalue weighted by molar-refractivity contribution is 0.0775. The average molecular weight is 259 g/mol. The second-order valence-electron chi connectivity index (χ2n) is 5.81. The van der Waals surface area contributed by atoms with Crippen molar-refractivity contribution >= 4 is 5.91 Å². The van der Waals surface area contributed by atoms with Crippen molar-refractivity contribution in [3.8, 4) is 0 Å². The Labute approximate surface area is 114 Å². The van der Waals surface area contributed by atoms with Crippen molar-refractivity contribution in [2.45, 2.75) is 19.4 Å². The molecular formula is C15H21N3O. The van der Waals surface area contributed by atoms with Crippen molar-refractivity contribution < 1.29 is 4.79 Å². The number of hydrogen-bond donors (Lipinski definition) is 2. The van der Waals surface area contributed by atoms with Crippen LogP contribution in [0.5, 0.6) is 0 Å². The van der Waals surface area contributed by atoms with Crippen molar-refractivity contribution in [3.05, 3.63) is 35.4 Å². The molecule has 3 rings (SSSR count). The fraction of sp³-hybridized carbons (Fsp3) is 0.533. The van der Waals surface area contributed by atoms with Crippen LogP contribution in [0.2, 0.25) is 0 Å². The number of nitrogens with two attached hydrogens (primary N) is 1. The second-order valence-corrected chi connectivity index (χ2v) is 5.81. The summed E-state index contributed by atoms with van der Waals surface area (Å²) >= 11 is 0. The van der Waals surface area contributed by atoms with Crippen LogP contribution in [0.3, 0.4) is 0 Å². The van der Waals surface area contributed by atoms with Crippen LogP contribution in [-0.2, 0) is 6.54 Å². The molecule has 1 atom stereocenters. The molecule has 2 aliphatic heterocycles. The van der Waals surface area contributed by atoms with Crippen LogP contribution in [0.1, 0.15) is 28.8 Å². The molecule has 1 aromatic carbocycles. The second kappa shape index (κ2) is 4.94. The van der Waals surface area contributed by atoms with E-state index in [0.29, 0.717) is 12.0 Å². The van der Waals surface area contributed by atoms with Crippen LogP contribution in [-0.4, -0.2) is 37.0 Å². The van der Waals surface area contributed by atoms with Gasteiger partial charge in [-0.15, -0.1) is 0 Å². The maximum Gasteiger partial charge on any atom is 0.253 e. The molecule has 0 bridgehead atoms. The summed E-state index contributed by atoms with van der Waals surface area (Å²) in [5.74, 6) is 0.152. The van der Waals surface area contributed by atoms with Gasteiger partial charge < -0.3 is 16.0 Å². The highest BCUT2D eigenvalue weighted by Crippen LogP contribution is 2.36. The number of hydrogen-bond acceptors (Lipinski definition) is 3. The molecule has 0 aromatic heterocycles. The molecule has 2 fully saturated rings. The van der Waals surface area contributed by atoms with E-state index in [2.05, 4.69) is 5.32 Å². The standard InChI is InChI=1S/C15H21N3O/c16-9-12-2-1-3-13(8-12)14(19)18-7-5-15(11-18)4-6-17-10-15/h1-3,8,17H,4-7,9-11,16H2. The van der Waals surface area contributed by atoms with Gasteiger partial charge in [-0.1, -0.05) is 12.1 Å². The van der Waals surface area contributed by atoms with Crippen molar-refractivity contribution in [1.29, 1.82) is 0 Å². The van der Waals surface area contributed by atoms with Gasteiger partial charge in [-0.05, 0) is 37.1 Å². The fourth-order valence-electron chi connectivity index (χ4n) is 3.27. The molecule has 102 valence electrons. The predicted molar refractivity (Wildman–Crippen MR) is 74.8 cm³/mol. The SMILES string of the molecule is NCc1cccc(C(=O)N2CCC3(CCNC3)C2)c1. The Morgan fingerprint density at radius 3 is 3.05 bits per heavy atom. The van der Waals surface area contributed by atoms with Crippen molar-refractivity contribution in [2.75, 3.05) is 26.2 Å².